The predicted molar refractivity (Wildman–Crippen MR) is 107 cm³/mol. The first kappa shape index (κ1) is 19.4. The number of benzene rings is 1. The van der Waals surface area contributed by atoms with E-state index in [2.05, 4.69) is 15.6 Å². The Labute approximate surface area is 163 Å². The third-order valence-electron chi connectivity index (χ3n) is 4.27. The van der Waals surface area contributed by atoms with Gasteiger partial charge in [0.05, 0.1) is 12.6 Å². The van der Waals surface area contributed by atoms with E-state index >= 15 is 0 Å². The van der Waals surface area contributed by atoms with Crippen LogP contribution >= 0.6 is 0 Å². The molecule has 0 spiro atoms. The first-order chi connectivity index (χ1) is 13.5. The Balaban J connectivity index is 1.84. The topological polar surface area (TPSA) is 84.7 Å². The molecule has 3 aromatic rings. The van der Waals surface area contributed by atoms with Crippen molar-refractivity contribution in [3.8, 4) is 5.75 Å². The van der Waals surface area contributed by atoms with Crippen molar-refractivity contribution in [3.63, 3.8) is 0 Å². The van der Waals surface area contributed by atoms with Crippen molar-refractivity contribution in [1.29, 1.82) is 0 Å². The Morgan fingerprint density at radius 3 is 2.57 bits per heavy atom. The van der Waals surface area contributed by atoms with E-state index in [0.717, 1.165) is 5.56 Å². The SMILES string of the molecule is COc1ccccc1CNC(=O)c1nc(C(=O)NCC(C)C)c2ccccn12. The molecule has 7 nitrogen and oxygen atoms in total. The average Bonchev–Trinajstić information content (AvgIpc) is 3.10. The monoisotopic (exact) mass is 380 g/mol. The van der Waals surface area contributed by atoms with Crippen LogP contribution in [0.4, 0.5) is 0 Å². The summed E-state index contributed by atoms with van der Waals surface area (Å²) in [6.45, 7) is 4.87. The Hall–Kier alpha value is -3.35. The first-order valence-electron chi connectivity index (χ1n) is 9.16. The third kappa shape index (κ3) is 4.14. The molecule has 0 aliphatic heterocycles. The van der Waals surface area contributed by atoms with Gasteiger partial charge < -0.3 is 15.4 Å². The second-order valence-electron chi connectivity index (χ2n) is 6.84. The maximum atomic E-state index is 12.8. The van der Waals surface area contributed by atoms with Crippen LogP contribution in [0.3, 0.4) is 0 Å². The summed E-state index contributed by atoms with van der Waals surface area (Å²) in [5.74, 6) is 0.530. The second-order valence-corrected chi connectivity index (χ2v) is 6.84. The van der Waals surface area contributed by atoms with E-state index < -0.39 is 0 Å². The molecule has 1 aromatic carbocycles. The van der Waals surface area contributed by atoms with Gasteiger partial charge in [-0.2, -0.15) is 0 Å². The standard InChI is InChI=1S/C21H24N4O3/c1-14(2)12-22-20(26)18-16-9-6-7-11-25(16)19(24-18)21(27)23-13-15-8-4-5-10-17(15)28-3/h4-11,14H,12-13H2,1-3H3,(H,22,26)(H,23,27). The number of methoxy groups -OCH3 is 1. The highest BCUT2D eigenvalue weighted by atomic mass is 16.5. The Kier molecular flexibility index (Phi) is 5.93. The van der Waals surface area contributed by atoms with Crippen LogP contribution in [-0.4, -0.2) is 34.9 Å². The number of nitrogens with zero attached hydrogens (tertiary/aromatic N) is 2. The number of aromatic nitrogens is 2. The molecule has 0 saturated heterocycles. The molecule has 0 aliphatic carbocycles. The van der Waals surface area contributed by atoms with Crippen molar-refractivity contribution in [2.24, 2.45) is 5.92 Å². The minimum Gasteiger partial charge on any atom is -0.496 e. The van der Waals surface area contributed by atoms with Crippen LogP contribution in [-0.2, 0) is 6.54 Å². The zero-order valence-corrected chi connectivity index (χ0v) is 16.2. The summed E-state index contributed by atoms with van der Waals surface area (Å²) >= 11 is 0. The van der Waals surface area contributed by atoms with Crippen molar-refractivity contribution >= 4 is 17.3 Å². The van der Waals surface area contributed by atoms with Gasteiger partial charge in [0.2, 0.25) is 5.82 Å². The molecule has 7 heteroatoms. The van der Waals surface area contributed by atoms with Crippen molar-refractivity contribution in [2.75, 3.05) is 13.7 Å². The van der Waals surface area contributed by atoms with Crippen LogP contribution in [0.5, 0.6) is 5.75 Å². The number of carbonyl (C=O) groups is 2. The van der Waals surface area contributed by atoms with E-state index in [4.69, 9.17) is 4.74 Å². The molecule has 3 rings (SSSR count). The number of nitrogens with one attached hydrogen (secondary N) is 2. The Morgan fingerprint density at radius 2 is 1.82 bits per heavy atom. The molecule has 0 fully saturated rings. The van der Waals surface area contributed by atoms with Crippen molar-refractivity contribution < 1.29 is 14.3 Å². The molecule has 2 aromatic heterocycles. The smallest absolute Gasteiger partial charge is 0.287 e. The predicted octanol–water partition coefficient (Wildman–Crippen LogP) is 2.66. The van der Waals surface area contributed by atoms with Gasteiger partial charge in [-0.1, -0.05) is 38.1 Å². The van der Waals surface area contributed by atoms with Crippen LogP contribution in [0.25, 0.3) is 5.52 Å². The van der Waals surface area contributed by atoms with Crippen molar-refractivity contribution in [1.82, 2.24) is 20.0 Å². The van der Waals surface area contributed by atoms with Crippen LogP contribution in [0.2, 0.25) is 0 Å². The summed E-state index contributed by atoms with van der Waals surface area (Å²) in [7, 11) is 1.59. The molecule has 0 saturated carbocycles. The highest BCUT2D eigenvalue weighted by Gasteiger charge is 2.21. The van der Waals surface area contributed by atoms with Crippen LogP contribution in [0.15, 0.2) is 48.7 Å². The number of pyridine rings is 1. The highest BCUT2D eigenvalue weighted by Crippen LogP contribution is 2.17. The summed E-state index contributed by atoms with van der Waals surface area (Å²) in [6, 6.07) is 12.8. The lowest BCUT2D eigenvalue weighted by molar-refractivity contribution is 0.0939. The van der Waals surface area contributed by atoms with Gasteiger partial charge in [0.1, 0.15) is 5.75 Å². The highest BCUT2D eigenvalue weighted by molar-refractivity contribution is 6.02. The van der Waals surface area contributed by atoms with Gasteiger partial charge in [0.25, 0.3) is 11.8 Å². The molecule has 0 unspecified atom stereocenters. The van der Waals surface area contributed by atoms with Gasteiger partial charge in [0, 0.05) is 24.8 Å². The van der Waals surface area contributed by atoms with Crippen LogP contribution < -0.4 is 15.4 Å². The molecule has 28 heavy (non-hydrogen) atoms. The van der Waals surface area contributed by atoms with E-state index in [9.17, 15) is 9.59 Å². The number of para-hydroxylation sites is 1. The minimum absolute atomic E-state index is 0.167. The molecule has 0 radical (unpaired) electrons. The fourth-order valence-electron chi connectivity index (χ4n) is 2.85. The quantitative estimate of drug-likeness (QED) is 0.660. The molecule has 0 atom stereocenters. The molecule has 2 heterocycles. The number of imidazole rings is 1. The molecular weight excluding hydrogens is 356 g/mol. The third-order valence-corrected chi connectivity index (χ3v) is 4.27. The molecule has 146 valence electrons. The average molecular weight is 380 g/mol. The number of hydrogen-bond acceptors (Lipinski definition) is 4. The number of ether oxygens (including phenoxy) is 1. The van der Waals surface area contributed by atoms with Crippen LogP contribution in [0, 0.1) is 5.92 Å². The van der Waals surface area contributed by atoms with E-state index in [1.54, 1.807) is 29.8 Å². The number of carbonyl (C=O) groups excluding carboxylic acids is 2. The Bertz CT molecular complexity index is 994. The molecule has 2 N–H and O–H groups in total. The van der Waals surface area contributed by atoms with E-state index in [1.807, 2.05) is 44.2 Å². The number of amides is 2. The summed E-state index contributed by atoms with van der Waals surface area (Å²) in [6.07, 6.45) is 1.72. The van der Waals surface area contributed by atoms with E-state index in [1.165, 1.54) is 0 Å². The normalized spacial score (nSPS) is 10.9. The zero-order valence-electron chi connectivity index (χ0n) is 16.2. The van der Waals surface area contributed by atoms with E-state index in [0.29, 0.717) is 30.3 Å². The first-order valence-corrected chi connectivity index (χ1v) is 9.16. The zero-order chi connectivity index (χ0) is 20.1. The summed E-state index contributed by atoms with van der Waals surface area (Å²) < 4.78 is 6.94. The lowest BCUT2D eigenvalue weighted by atomic mass is 10.2. The summed E-state index contributed by atoms with van der Waals surface area (Å²) in [5.41, 5.74) is 1.68. The fraction of sp³-hybridized carbons (Fsp3) is 0.286. The Morgan fingerprint density at radius 1 is 1.07 bits per heavy atom. The molecular formula is C21H24N4O3. The van der Waals surface area contributed by atoms with Gasteiger partial charge in [-0.05, 0) is 24.1 Å². The molecule has 0 bridgehead atoms. The second kappa shape index (κ2) is 8.56. The maximum Gasteiger partial charge on any atom is 0.287 e. The van der Waals surface area contributed by atoms with E-state index in [-0.39, 0.29) is 23.3 Å². The van der Waals surface area contributed by atoms with Crippen molar-refractivity contribution in [2.45, 2.75) is 20.4 Å². The number of rotatable bonds is 7. The van der Waals surface area contributed by atoms with Gasteiger partial charge in [0.15, 0.2) is 5.69 Å². The van der Waals surface area contributed by atoms with Gasteiger partial charge in [-0.15, -0.1) is 0 Å². The lowest BCUT2D eigenvalue weighted by Gasteiger charge is -2.09. The van der Waals surface area contributed by atoms with Gasteiger partial charge in [-0.3, -0.25) is 14.0 Å². The molecule has 2 amide bonds. The fourth-order valence-corrected chi connectivity index (χ4v) is 2.85. The summed E-state index contributed by atoms with van der Waals surface area (Å²) in [5, 5.41) is 5.70. The van der Waals surface area contributed by atoms with Crippen molar-refractivity contribution in [3.05, 3.63) is 65.7 Å². The largest absolute Gasteiger partial charge is 0.496 e. The minimum atomic E-state index is -0.366. The van der Waals surface area contributed by atoms with Gasteiger partial charge >= 0.3 is 0 Å². The number of hydrogen-bond donors (Lipinski definition) is 2. The van der Waals surface area contributed by atoms with Gasteiger partial charge in [-0.25, -0.2) is 4.98 Å². The summed E-state index contributed by atoms with van der Waals surface area (Å²) in [4.78, 5) is 29.6. The van der Waals surface area contributed by atoms with Crippen LogP contribution in [0.1, 0.15) is 40.5 Å². The molecule has 0 aliphatic rings. The maximum absolute atomic E-state index is 12.8. The lowest BCUT2D eigenvalue weighted by Crippen LogP contribution is -2.28. The number of fused-ring (bicyclic) bond motifs is 1.